The first kappa shape index (κ1) is 13.6. The summed E-state index contributed by atoms with van der Waals surface area (Å²) in [6.07, 6.45) is 6.53. The molecule has 20 heavy (non-hydrogen) atoms. The maximum absolute atomic E-state index is 4.35. The van der Waals surface area contributed by atoms with Crippen molar-refractivity contribution < 1.29 is 0 Å². The van der Waals surface area contributed by atoms with Crippen LogP contribution in [0, 0.1) is 0 Å². The summed E-state index contributed by atoms with van der Waals surface area (Å²) in [5, 5.41) is 5.58. The standard InChI is InChI=1S/C16H21N3S/c1-2-17-10-13-7-8-18-11-16(13)19(14-5-6-14)12-15-4-3-9-20-15/h3-4,7-9,11,14,17H,2,5-6,10,12H2,1H3. The van der Waals surface area contributed by atoms with Crippen molar-refractivity contribution in [2.24, 2.45) is 0 Å². The third kappa shape index (κ3) is 3.19. The summed E-state index contributed by atoms with van der Waals surface area (Å²) in [6, 6.07) is 7.19. The van der Waals surface area contributed by atoms with Crippen LogP contribution >= 0.6 is 11.3 Å². The fourth-order valence-electron chi connectivity index (χ4n) is 2.45. The second-order valence-electron chi connectivity index (χ2n) is 5.22. The first-order valence-corrected chi connectivity index (χ1v) is 8.19. The van der Waals surface area contributed by atoms with Gasteiger partial charge in [-0.3, -0.25) is 4.98 Å². The van der Waals surface area contributed by atoms with Gasteiger partial charge in [0.05, 0.1) is 18.4 Å². The van der Waals surface area contributed by atoms with Gasteiger partial charge in [-0.2, -0.15) is 0 Å². The van der Waals surface area contributed by atoms with Crippen molar-refractivity contribution in [1.82, 2.24) is 10.3 Å². The predicted molar refractivity (Wildman–Crippen MR) is 85.1 cm³/mol. The van der Waals surface area contributed by atoms with E-state index in [-0.39, 0.29) is 0 Å². The Balaban J connectivity index is 1.83. The molecule has 1 fully saturated rings. The summed E-state index contributed by atoms with van der Waals surface area (Å²) in [7, 11) is 0. The van der Waals surface area contributed by atoms with Crippen molar-refractivity contribution in [1.29, 1.82) is 0 Å². The number of rotatable bonds is 7. The molecule has 4 heteroatoms. The minimum absolute atomic E-state index is 0.696. The molecule has 2 aromatic heterocycles. The molecule has 1 saturated carbocycles. The van der Waals surface area contributed by atoms with Crippen LogP contribution in [0.1, 0.15) is 30.2 Å². The molecule has 3 nitrogen and oxygen atoms in total. The Morgan fingerprint density at radius 2 is 2.30 bits per heavy atom. The molecule has 106 valence electrons. The highest BCUT2D eigenvalue weighted by molar-refractivity contribution is 7.09. The van der Waals surface area contributed by atoms with Crippen molar-refractivity contribution >= 4 is 17.0 Å². The zero-order valence-corrected chi connectivity index (χ0v) is 12.7. The second kappa shape index (κ2) is 6.37. The Morgan fingerprint density at radius 1 is 1.40 bits per heavy atom. The Bertz CT molecular complexity index is 534. The molecule has 0 bridgehead atoms. The number of thiophene rings is 1. The molecular formula is C16H21N3S. The summed E-state index contributed by atoms with van der Waals surface area (Å²) < 4.78 is 0. The van der Waals surface area contributed by atoms with Crippen molar-refractivity contribution in [3.8, 4) is 0 Å². The largest absolute Gasteiger partial charge is 0.362 e. The highest BCUT2D eigenvalue weighted by Crippen LogP contribution is 2.35. The summed E-state index contributed by atoms with van der Waals surface area (Å²) in [5.41, 5.74) is 2.65. The molecule has 2 aromatic rings. The first-order valence-electron chi connectivity index (χ1n) is 7.31. The maximum atomic E-state index is 4.35. The molecule has 0 saturated heterocycles. The average Bonchev–Trinajstić information content (AvgIpc) is 3.20. The van der Waals surface area contributed by atoms with Gasteiger partial charge in [-0.15, -0.1) is 11.3 Å². The van der Waals surface area contributed by atoms with E-state index >= 15 is 0 Å². The Labute approximate surface area is 124 Å². The fourth-order valence-corrected chi connectivity index (χ4v) is 3.15. The lowest BCUT2D eigenvalue weighted by Gasteiger charge is -2.26. The number of hydrogen-bond donors (Lipinski definition) is 1. The summed E-state index contributed by atoms with van der Waals surface area (Å²) in [5.74, 6) is 0. The smallest absolute Gasteiger partial charge is 0.0604 e. The van der Waals surface area contributed by atoms with Crippen LogP contribution in [0.15, 0.2) is 36.0 Å². The number of pyridine rings is 1. The van der Waals surface area contributed by atoms with E-state index < -0.39 is 0 Å². The molecule has 3 rings (SSSR count). The SMILES string of the molecule is CCNCc1ccncc1N(Cc1cccs1)C1CC1. The number of aromatic nitrogens is 1. The number of hydrogen-bond acceptors (Lipinski definition) is 4. The number of anilines is 1. The molecule has 0 unspecified atom stereocenters. The Morgan fingerprint density at radius 3 is 3.00 bits per heavy atom. The Hall–Kier alpha value is -1.39. The monoisotopic (exact) mass is 287 g/mol. The van der Waals surface area contributed by atoms with Gasteiger partial charge in [0.1, 0.15) is 0 Å². The van der Waals surface area contributed by atoms with Gasteiger partial charge in [-0.05, 0) is 42.5 Å². The first-order chi connectivity index (χ1) is 9.88. The van der Waals surface area contributed by atoms with E-state index in [0.29, 0.717) is 6.04 Å². The van der Waals surface area contributed by atoms with Gasteiger partial charge >= 0.3 is 0 Å². The summed E-state index contributed by atoms with van der Waals surface area (Å²) in [4.78, 5) is 8.31. The van der Waals surface area contributed by atoms with E-state index in [2.05, 4.69) is 45.7 Å². The van der Waals surface area contributed by atoms with E-state index in [1.54, 1.807) is 0 Å². The average molecular weight is 287 g/mol. The molecule has 0 atom stereocenters. The maximum Gasteiger partial charge on any atom is 0.0604 e. The van der Waals surface area contributed by atoms with Gasteiger partial charge in [-0.1, -0.05) is 13.0 Å². The molecule has 0 amide bonds. The van der Waals surface area contributed by atoms with Crippen molar-refractivity contribution in [3.05, 3.63) is 46.4 Å². The van der Waals surface area contributed by atoms with Gasteiger partial charge in [-0.25, -0.2) is 0 Å². The quantitative estimate of drug-likeness (QED) is 0.845. The second-order valence-corrected chi connectivity index (χ2v) is 6.26. The molecular weight excluding hydrogens is 266 g/mol. The van der Waals surface area contributed by atoms with Crippen molar-refractivity contribution in [2.45, 2.75) is 38.9 Å². The van der Waals surface area contributed by atoms with Crippen LogP contribution in [0.25, 0.3) is 0 Å². The van der Waals surface area contributed by atoms with Crippen LogP contribution in [-0.4, -0.2) is 17.6 Å². The van der Waals surface area contributed by atoms with Crippen LogP contribution < -0.4 is 10.2 Å². The van der Waals surface area contributed by atoms with Crippen LogP contribution in [0.3, 0.4) is 0 Å². The van der Waals surface area contributed by atoms with Crippen LogP contribution in [0.2, 0.25) is 0 Å². The minimum Gasteiger partial charge on any atom is -0.362 e. The van der Waals surface area contributed by atoms with Gasteiger partial charge in [0.2, 0.25) is 0 Å². The van der Waals surface area contributed by atoms with Crippen molar-refractivity contribution in [2.75, 3.05) is 11.4 Å². The van der Waals surface area contributed by atoms with Crippen LogP contribution in [0.5, 0.6) is 0 Å². The lowest BCUT2D eigenvalue weighted by atomic mass is 10.2. The van der Waals surface area contributed by atoms with E-state index in [1.807, 2.05) is 23.7 Å². The molecule has 0 aliphatic heterocycles. The topological polar surface area (TPSA) is 28.2 Å². The molecule has 2 heterocycles. The van der Waals surface area contributed by atoms with E-state index in [9.17, 15) is 0 Å². The van der Waals surface area contributed by atoms with E-state index in [1.165, 1.54) is 29.0 Å². The zero-order valence-electron chi connectivity index (χ0n) is 11.9. The lowest BCUT2D eigenvalue weighted by molar-refractivity contribution is 0.714. The lowest BCUT2D eigenvalue weighted by Crippen LogP contribution is -2.27. The Kier molecular flexibility index (Phi) is 4.33. The molecule has 0 radical (unpaired) electrons. The normalized spacial score (nSPS) is 14.4. The van der Waals surface area contributed by atoms with E-state index in [4.69, 9.17) is 0 Å². The molecule has 1 N–H and O–H groups in total. The van der Waals surface area contributed by atoms with Gasteiger partial charge in [0.25, 0.3) is 0 Å². The van der Waals surface area contributed by atoms with Gasteiger partial charge in [0, 0.05) is 23.7 Å². The molecule has 1 aliphatic carbocycles. The van der Waals surface area contributed by atoms with Gasteiger partial charge in [0.15, 0.2) is 0 Å². The third-order valence-corrected chi connectivity index (χ3v) is 4.52. The zero-order chi connectivity index (χ0) is 13.8. The molecule has 1 aliphatic rings. The van der Waals surface area contributed by atoms with Gasteiger partial charge < -0.3 is 10.2 Å². The van der Waals surface area contributed by atoms with E-state index in [0.717, 1.165) is 19.6 Å². The molecule has 0 aromatic carbocycles. The summed E-state index contributed by atoms with van der Waals surface area (Å²) >= 11 is 1.84. The van der Waals surface area contributed by atoms with Crippen molar-refractivity contribution in [3.63, 3.8) is 0 Å². The highest BCUT2D eigenvalue weighted by atomic mass is 32.1. The number of nitrogens with one attached hydrogen (secondary N) is 1. The predicted octanol–water partition coefficient (Wildman–Crippen LogP) is 3.42. The molecule has 0 spiro atoms. The fraction of sp³-hybridized carbons (Fsp3) is 0.438. The third-order valence-electron chi connectivity index (χ3n) is 3.66. The van der Waals surface area contributed by atoms with Crippen LogP contribution in [0.4, 0.5) is 5.69 Å². The highest BCUT2D eigenvalue weighted by Gasteiger charge is 2.30. The number of nitrogens with zero attached hydrogens (tertiary/aromatic N) is 2. The minimum atomic E-state index is 0.696. The van der Waals surface area contributed by atoms with Crippen LogP contribution in [-0.2, 0) is 13.1 Å². The summed E-state index contributed by atoms with van der Waals surface area (Å²) in [6.45, 7) is 5.07.